The zero-order valence-electron chi connectivity index (χ0n) is 10.7. The van der Waals surface area contributed by atoms with Crippen molar-refractivity contribution in [2.45, 2.75) is 31.9 Å². The van der Waals surface area contributed by atoms with Crippen molar-refractivity contribution in [2.24, 2.45) is 0 Å². The molecule has 18 heavy (non-hydrogen) atoms. The van der Waals surface area contributed by atoms with Crippen molar-refractivity contribution < 1.29 is 9.90 Å². The molecule has 100 valence electrons. The number of hydrogen-bond acceptors (Lipinski definition) is 5. The fourth-order valence-electron chi connectivity index (χ4n) is 2.09. The Morgan fingerprint density at radius 3 is 2.94 bits per heavy atom. The number of H-pyrrole nitrogens is 1. The van der Waals surface area contributed by atoms with Gasteiger partial charge in [0.2, 0.25) is 5.82 Å². The van der Waals surface area contributed by atoms with Crippen LogP contribution in [-0.2, 0) is 6.42 Å². The lowest BCUT2D eigenvalue weighted by Crippen LogP contribution is -2.44. The molecule has 0 bridgehead atoms. The Bertz CT molecular complexity index is 419. The van der Waals surface area contributed by atoms with E-state index in [-0.39, 0.29) is 17.8 Å². The lowest BCUT2D eigenvalue weighted by molar-refractivity contribution is 0.0570. The zero-order valence-corrected chi connectivity index (χ0v) is 10.7. The molecule has 1 fully saturated rings. The topological polar surface area (TPSA) is 94.1 Å². The van der Waals surface area contributed by atoms with E-state index < -0.39 is 6.10 Å². The average Bonchev–Trinajstić information content (AvgIpc) is 2.97. The Morgan fingerprint density at radius 2 is 2.33 bits per heavy atom. The van der Waals surface area contributed by atoms with E-state index in [0.29, 0.717) is 13.1 Å². The number of carbonyl (C=O) groups excluding carboxylic acids is 1. The molecule has 0 radical (unpaired) electrons. The van der Waals surface area contributed by atoms with Crippen LogP contribution in [0.5, 0.6) is 0 Å². The van der Waals surface area contributed by atoms with Crippen LogP contribution in [0.3, 0.4) is 0 Å². The van der Waals surface area contributed by atoms with Crippen molar-refractivity contribution in [3.63, 3.8) is 0 Å². The molecular formula is C11H19N5O2. The molecule has 0 unspecified atom stereocenters. The minimum atomic E-state index is -0.534. The normalized spacial score (nSPS) is 23.3. The number of amides is 1. The summed E-state index contributed by atoms with van der Waals surface area (Å²) < 4.78 is 0. The van der Waals surface area contributed by atoms with Gasteiger partial charge < -0.3 is 15.3 Å². The quantitative estimate of drug-likeness (QED) is 0.650. The van der Waals surface area contributed by atoms with E-state index in [2.05, 4.69) is 20.5 Å². The highest BCUT2D eigenvalue weighted by Gasteiger charge is 2.32. The number of aromatic amines is 1. The summed E-state index contributed by atoms with van der Waals surface area (Å²) in [7, 11) is 1.67. The Kier molecular flexibility index (Phi) is 3.93. The third-order valence-electron chi connectivity index (χ3n) is 3.18. The Hall–Kier alpha value is -1.47. The second kappa shape index (κ2) is 5.45. The van der Waals surface area contributed by atoms with E-state index >= 15 is 0 Å². The number of aliphatic hydroxyl groups is 1. The molecule has 3 N–H and O–H groups in total. The summed E-state index contributed by atoms with van der Waals surface area (Å²) in [5.74, 6) is 0.626. The van der Waals surface area contributed by atoms with Gasteiger partial charge >= 0.3 is 0 Å². The molecule has 2 atom stereocenters. The summed E-state index contributed by atoms with van der Waals surface area (Å²) >= 11 is 0. The number of nitrogens with one attached hydrogen (secondary N) is 2. The third kappa shape index (κ3) is 2.51. The Labute approximate surface area is 106 Å². The van der Waals surface area contributed by atoms with Crippen molar-refractivity contribution in [3.8, 4) is 0 Å². The van der Waals surface area contributed by atoms with E-state index in [0.717, 1.165) is 18.7 Å². The molecule has 7 heteroatoms. The average molecular weight is 253 g/mol. The van der Waals surface area contributed by atoms with Crippen LogP contribution in [0.25, 0.3) is 0 Å². The molecule has 0 saturated carbocycles. The Balaban J connectivity index is 2.05. The molecule has 0 aromatic carbocycles. The van der Waals surface area contributed by atoms with E-state index in [1.807, 2.05) is 6.92 Å². The third-order valence-corrected chi connectivity index (χ3v) is 3.18. The van der Waals surface area contributed by atoms with Crippen LogP contribution in [0.1, 0.15) is 29.8 Å². The summed E-state index contributed by atoms with van der Waals surface area (Å²) in [6.07, 6.45) is 1.19. The van der Waals surface area contributed by atoms with Gasteiger partial charge in [0.1, 0.15) is 5.82 Å². The van der Waals surface area contributed by atoms with Gasteiger partial charge in [-0.15, -0.1) is 5.10 Å². The molecule has 1 saturated heterocycles. The van der Waals surface area contributed by atoms with Crippen molar-refractivity contribution in [3.05, 3.63) is 11.6 Å². The van der Waals surface area contributed by atoms with Crippen LogP contribution >= 0.6 is 0 Å². The number of aryl methyl sites for hydroxylation is 1. The largest absolute Gasteiger partial charge is 0.390 e. The number of aliphatic hydroxyl groups excluding tert-OH is 1. The second-order valence-corrected chi connectivity index (χ2v) is 4.56. The first-order valence-corrected chi connectivity index (χ1v) is 6.20. The van der Waals surface area contributed by atoms with E-state index in [4.69, 9.17) is 0 Å². The maximum absolute atomic E-state index is 12.1. The summed E-state index contributed by atoms with van der Waals surface area (Å²) in [4.78, 5) is 17.8. The number of nitrogens with zero attached hydrogens (tertiary/aromatic N) is 3. The molecule has 1 aromatic rings. The van der Waals surface area contributed by atoms with Gasteiger partial charge in [0.15, 0.2) is 0 Å². The fourth-order valence-corrected chi connectivity index (χ4v) is 2.09. The predicted molar refractivity (Wildman–Crippen MR) is 65.1 cm³/mol. The number of carbonyl (C=O) groups is 1. The SMILES string of the molecule is CCCc1nc(C(=O)N(C)[C@H]2CNC[C@@H]2O)n[nH]1. The number of hydrogen-bond donors (Lipinski definition) is 3. The molecule has 7 nitrogen and oxygen atoms in total. The van der Waals surface area contributed by atoms with Gasteiger partial charge in [0.25, 0.3) is 5.91 Å². The van der Waals surface area contributed by atoms with Crippen molar-refractivity contribution in [1.29, 1.82) is 0 Å². The van der Waals surface area contributed by atoms with Crippen LogP contribution in [0.2, 0.25) is 0 Å². The first-order chi connectivity index (χ1) is 8.63. The van der Waals surface area contributed by atoms with Crippen molar-refractivity contribution >= 4 is 5.91 Å². The maximum Gasteiger partial charge on any atom is 0.293 e. The van der Waals surface area contributed by atoms with Gasteiger partial charge in [0.05, 0.1) is 12.1 Å². The first kappa shape index (κ1) is 13.0. The second-order valence-electron chi connectivity index (χ2n) is 4.56. The minimum Gasteiger partial charge on any atom is -0.390 e. The van der Waals surface area contributed by atoms with Gasteiger partial charge in [-0.25, -0.2) is 4.98 Å². The lowest BCUT2D eigenvalue weighted by Gasteiger charge is -2.25. The molecule has 2 heterocycles. The predicted octanol–water partition coefficient (Wildman–Crippen LogP) is -0.838. The van der Waals surface area contributed by atoms with Crippen molar-refractivity contribution in [1.82, 2.24) is 25.4 Å². The fraction of sp³-hybridized carbons (Fsp3) is 0.727. The number of β-amino-alcohol motifs (C(OH)–C–C–N with tert-alkyl or cyclic N) is 1. The molecule has 0 aliphatic carbocycles. The summed E-state index contributed by atoms with van der Waals surface area (Å²) in [5, 5.41) is 19.5. The standard InChI is InChI=1S/C11H19N5O2/c1-3-4-9-13-10(15-14-9)11(18)16(2)7-5-12-6-8(7)17/h7-8,12,17H,3-6H2,1-2H3,(H,13,14,15)/t7-,8-/m0/s1. The lowest BCUT2D eigenvalue weighted by atomic mass is 10.2. The van der Waals surface area contributed by atoms with Gasteiger partial charge in [-0.05, 0) is 6.42 Å². The highest BCUT2D eigenvalue weighted by molar-refractivity contribution is 5.90. The number of rotatable bonds is 4. The number of aromatic nitrogens is 3. The molecule has 1 aromatic heterocycles. The number of likely N-dealkylation sites (N-methyl/N-ethyl adjacent to an activating group) is 1. The van der Waals surface area contributed by atoms with E-state index in [1.54, 1.807) is 7.05 Å². The van der Waals surface area contributed by atoms with Crippen LogP contribution in [0.15, 0.2) is 0 Å². The minimum absolute atomic E-state index is 0.167. The van der Waals surface area contributed by atoms with Crippen molar-refractivity contribution in [2.75, 3.05) is 20.1 Å². The summed E-state index contributed by atoms with van der Waals surface area (Å²) in [5.41, 5.74) is 0. The van der Waals surface area contributed by atoms with Crippen LogP contribution in [0.4, 0.5) is 0 Å². The highest BCUT2D eigenvalue weighted by atomic mass is 16.3. The zero-order chi connectivity index (χ0) is 13.1. The molecule has 2 rings (SSSR count). The molecule has 1 aliphatic heterocycles. The molecule has 0 spiro atoms. The molecule has 1 aliphatic rings. The summed E-state index contributed by atoms with van der Waals surface area (Å²) in [6, 6.07) is -0.217. The van der Waals surface area contributed by atoms with Crippen LogP contribution in [-0.4, -0.2) is 63.4 Å². The summed E-state index contributed by atoms with van der Waals surface area (Å²) in [6.45, 7) is 3.14. The van der Waals surface area contributed by atoms with Gasteiger partial charge in [-0.2, -0.15) is 0 Å². The molecular weight excluding hydrogens is 234 g/mol. The maximum atomic E-state index is 12.1. The highest BCUT2D eigenvalue weighted by Crippen LogP contribution is 2.10. The van der Waals surface area contributed by atoms with E-state index in [9.17, 15) is 9.90 Å². The van der Waals surface area contributed by atoms with Gasteiger partial charge in [-0.1, -0.05) is 6.92 Å². The van der Waals surface area contributed by atoms with Gasteiger partial charge in [-0.3, -0.25) is 9.89 Å². The molecule has 1 amide bonds. The van der Waals surface area contributed by atoms with Crippen LogP contribution < -0.4 is 5.32 Å². The first-order valence-electron chi connectivity index (χ1n) is 6.20. The van der Waals surface area contributed by atoms with E-state index in [1.165, 1.54) is 4.90 Å². The monoisotopic (exact) mass is 253 g/mol. The van der Waals surface area contributed by atoms with Gasteiger partial charge in [0, 0.05) is 26.6 Å². The smallest absolute Gasteiger partial charge is 0.293 e. The Morgan fingerprint density at radius 1 is 1.56 bits per heavy atom. The van der Waals surface area contributed by atoms with Crippen LogP contribution in [0, 0.1) is 0 Å².